The summed E-state index contributed by atoms with van der Waals surface area (Å²) in [6.07, 6.45) is 0. The molecule has 0 atom stereocenters. The maximum atomic E-state index is 12.7. The molecule has 3 aromatic rings. The molecular formula is C19H19N3O4S. The van der Waals surface area contributed by atoms with E-state index < -0.39 is 15.9 Å². The van der Waals surface area contributed by atoms with E-state index in [1.54, 1.807) is 6.92 Å². The van der Waals surface area contributed by atoms with E-state index in [1.807, 2.05) is 30.3 Å². The van der Waals surface area contributed by atoms with Crippen LogP contribution in [-0.4, -0.2) is 30.8 Å². The van der Waals surface area contributed by atoms with Crippen LogP contribution < -0.4 is 5.32 Å². The molecule has 0 aliphatic heterocycles. The Morgan fingerprint density at radius 3 is 2.37 bits per heavy atom. The van der Waals surface area contributed by atoms with E-state index in [4.69, 9.17) is 4.52 Å². The maximum absolute atomic E-state index is 12.7. The van der Waals surface area contributed by atoms with Crippen LogP contribution in [0.3, 0.4) is 0 Å². The van der Waals surface area contributed by atoms with E-state index in [1.165, 1.54) is 41.7 Å². The van der Waals surface area contributed by atoms with Crippen LogP contribution in [0.15, 0.2) is 70.1 Å². The van der Waals surface area contributed by atoms with Crippen LogP contribution >= 0.6 is 0 Å². The summed E-state index contributed by atoms with van der Waals surface area (Å²) in [5, 5.41) is 6.29. The molecule has 1 aromatic heterocycles. The Morgan fingerprint density at radius 2 is 1.78 bits per heavy atom. The van der Waals surface area contributed by atoms with Gasteiger partial charge in [-0.1, -0.05) is 35.5 Å². The van der Waals surface area contributed by atoms with Crippen molar-refractivity contribution in [2.24, 2.45) is 0 Å². The largest absolute Gasteiger partial charge is 0.361 e. The topological polar surface area (TPSA) is 92.5 Å². The van der Waals surface area contributed by atoms with Gasteiger partial charge in [0, 0.05) is 25.3 Å². The van der Waals surface area contributed by atoms with Crippen molar-refractivity contribution in [1.82, 2.24) is 9.46 Å². The Hall–Kier alpha value is -2.97. The summed E-state index contributed by atoms with van der Waals surface area (Å²) in [4.78, 5) is 12.2. The summed E-state index contributed by atoms with van der Waals surface area (Å²) in [6.45, 7) is 1.96. The fraction of sp³-hybridized carbons (Fsp3) is 0.158. The summed E-state index contributed by atoms with van der Waals surface area (Å²) in [6, 6.07) is 16.9. The number of amides is 1. The Labute approximate surface area is 157 Å². The van der Waals surface area contributed by atoms with Crippen LogP contribution in [0.2, 0.25) is 0 Å². The summed E-state index contributed by atoms with van der Waals surface area (Å²) in [7, 11) is -2.11. The van der Waals surface area contributed by atoms with Crippen LogP contribution in [0.5, 0.6) is 0 Å². The Kier molecular flexibility index (Phi) is 5.38. The van der Waals surface area contributed by atoms with Crippen LogP contribution in [0.25, 0.3) is 0 Å². The first kappa shape index (κ1) is 18.8. The number of nitrogens with one attached hydrogen (secondary N) is 1. The van der Waals surface area contributed by atoms with Crippen molar-refractivity contribution in [3.05, 3.63) is 77.7 Å². The normalized spacial score (nSPS) is 11.5. The molecule has 1 heterocycles. The van der Waals surface area contributed by atoms with Crippen molar-refractivity contribution in [3.8, 4) is 0 Å². The van der Waals surface area contributed by atoms with Gasteiger partial charge in [0.1, 0.15) is 5.76 Å². The highest BCUT2D eigenvalue weighted by Gasteiger charge is 2.21. The standard InChI is InChI=1S/C19H19N3O4S/c1-14-12-18(21-26-14)19(23)20-16-8-10-17(11-9-16)27(24,25)22(2)13-15-6-4-3-5-7-15/h3-12H,13H2,1-2H3,(H,20,23). The van der Waals surface area contributed by atoms with Gasteiger partial charge in [-0.25, -0.2) is 8.42 Å². The number of aryl methyl sites for hydroxylation is 1. The number of nitrogens with zero attached hydrogens (tertiary/aromatic N) is 2. The molecule has 8 heteroatoms. The maximum Gasteiger partial charge on any atom is 0.277 e. The van der Waals surface area contributed by atoms with Crippen molar-refractivity contribution >= 4 is 21.6 Å². The van der Waals surface area contributed by atoms with Gasteiger partial charge in [-0.15, -0.1) is 0 Å². The van der Waals surface area contributed by atoms with Crippen molar-refractivity contribution in [2.45, 2.75) is 18.4 Å². The second-order valence-electron chi connectivity index (χ2n) is 6.05. The third-order valence-corrected chi connectivity index (χ3v) is 5.75. The minimum absolute atomic E-state index is 0.149. The predicted octanol–water partition coefficient (Wildman–Crippen LogP) is 3.06. The van der Waals surface area contributed by atoms with Gasteiger partial charge < -0.3 is 9.84 Å². The van der Waals surface area contributed by atoms with E-state index in [2.05, 4.69) is 10.5 Å². The van der Waals surface area contributed by atoms with E-state index in [0.29, 0.717) is 11.4 Å². The second-order valence-corrected chi connectivity index (χ2v) is 8.09. The van der Waals surface area contributed by atoms with Crippen LogP contribution in [-0.2, 0) is 16.6 Å². The van der Waals surface area contributed by atoms with Gasteiger partial charge in [0.05, 0.1) is 4.90 Å². The molecule has 3 rings (SSSR count). The zero-order valence-electron chi connectivity index (χ0n) is 14.9. The Balaban J connectivity index is 1.71. The van der Waals surface area contributed by atoms with Crippen molar-refractivity contribution in [1.29, 1.82) is 0 Å². The molecule has 27 heavy (non-hydrogen) atoms. The molecule has 0 spiro atoms. The zero-order chi connectivity index (χ0) is 19.4. The molecule has 1 N–H and O–H groups in total. The summed E-state index contributed by atoms with van der Waals surface area (Å²) in [5.74, 6) is 0.103. The summed E-state index contributed by atoms with van der Waals surface area (Å²) >= 11 is 0. The fourth-order valence-corrected chi connectivity index (χ4v) is 3.64. The number of hydrogen-bond acceptors (Lipinski definition) is 5. The molecule has 0 radical (unpaired) electrons. The number of rotatable bonds is 6. The van der Waals surface area contributed by atoms with E-state index >= 15 is 0 Å². The van der Waals surface area contributed by atoms with Gasteiger partial charge in [-0.05, 0) is 36.8 Å². The predicted molar refractivity (Wildman–Crippen MR) is 101 cm³/mol. The summed E-state index contributed by atoms with van der Waals surface area (Å²) in [5.41, 5.74) is 1.52. The van der Waals surface area contributed by atoms with Crippen LogP contribution in [0.4, 0.5) is 5.69 Å². The molecule has 0 aliphatic rings. The average Bonchev–Trinajstić information content (AvgIpc) is 3.09. The van der Waals surface area contributed by atoms with Gasteiger partial charge in [-0.2, -0.15) is 4.31 Å². The second kappa shape index (κ2) is 7.73. The molecule has 0 saturated heterocycles. The van der Waals surface area contributed by atoms with Crippen LogP contribution in [0, 0.1) is 6.92 Å². The van der Waals surface area contributed by atoms with Crippen molar-refractivity contribution < 1.29 is 17.7 Å². The average molecular weight is 385 g/mol. The molecule has 7 nitrogen and oxygen atoms in total. The lowest BCUT2D eigenvalue weighted by Gasteiger charge is -2.17. The lowest BCUT2D eigenvalue weighted by atomic mass is 10.2. The number of hydrogen-bond donors (Lipinski definition) is 1. The molecule has 140 valence electrons. The van der Waals surface area contributed by atoms with E-state index in [0.717, 1.165) is 5.56 Å². The van der Waals surface area contributed by atoms with Gasteiger partial charge in [0.15, 0.2) is 5.69 Å². The third kappa shape index (κ3) is 4.42. The third-order valence-electron chi connectivity index (χ3n) is 3.93. The molecule has 0 fully saturated rings. The van der Waals surface area contributed by atoms with Gasteiger partial charge >= 0.3 is 0 Å². The Morgan fingerprint density at radius 1 is 1.11 bits per heavy atom. The first-order chi connectivity index (χ1) is 12.9. The first-order valence-corrected chi connectivity index (χ1v) is 9.65. The minimum Gasteiger partial charge on any atom is -0.361 e. The van der Waals surface area contributed by atoms with E-state index in [-0.39, 0.29) is 17.1 Å². The number of anilines is 1. The molecule has 0 bridgehead atoms. The molecule has 0 unspecified atom stereocenters. The van der Waals surface area contributed by atoms with Gasteiger partial charge in [-0.3, -0.25) is 4.79 Å². The molecule has 2 aromatic carbocycles. The number of carbonyl (C=O) groups excluding carboxylic acids is 1. The molecule has 0 aliphatic carbocycles. The number of sulfonamides is 1. The summed E-state index contributed by atoms with van der Waals surface area (Å²) < 4.78 is 31.6. The molecule has 0 saturated carbocycles. The van der Waals surface area contributed by atoms with Crippen molar-refractivity contribution in [3.63, 3.8) is 0 Å². The minimum atomic E-state index is -3.64. The number of benzene rings is 2. The lowest BCUT2D eigenvalue weighted by molar-refractivity contribution is 0.101. The first-order valence-electron chi connectivity index (χ1n) is 8.21. The van der Waals surface area contributed by atoms with E-state index in [9.17, 15) is 13.2 Å². The highest BCUT2D eigenvalue weighted by atomic mass is 32.2. The monoisotopic (exact) mass is 385 g/mol. The van der Waals surface area contributed by atoms with Gasteiger partial charge in [0.25, 0.3) is 5.91 Å². The Bertz CT molecular complexity index is 1030. The van der Waals surface area contributed by atoms with Gasteiger partial charge in [0.2, 0.25) is 10.0 Å². The number of carbonyl (C=O) groups is 1. The number of aromatic nitrogens is 1. The quantitative estimate of drug-likeness (QED) is 0.704. The SMILES string of the molecule is Cc1cc(C(=O)Nc2ccc(S(=O)(=O)N(C)Cc3ccccc3)cc2)no1. The zero-order valence-corrected chi connectivity index (χ0v) is 15.7. The van der Waals surface area contributed by atoms with Crippen molar-refractivity contribution in [2.75, 3.05) is 12.4 Å². The smallest absolute Gasteiger partial charge is 0.277 e. The van der Waals surface area contributed by atoms with Crippen LogP contribution in [0.1, 0.15) is 21.8 Å². The fourth-order valence-electron chi connectivity index (χ4n) is 2.48. The highest BCUT2D eigenvalue weighted by Crippen LogP contribution is 2.19. The lowest BCUT2D eigenvalue weighted by Crippen LogP contribution is -2.26. The molecular weight excluding hydrogens is 366 g/mol. The highest BCUT2D eigenvalue weighted by molar-refractivity contribution is 7.89. The molecule has 1 amide bonds.